The third kappa shape index (κ3) is 4.65. The molecule has 2 atom stereocenters. The maximum atomic E-state index is 11.8. The SMILES string of the molecule is C=Cc1cc2c(O[C@H]3CN[C@H](C(=O)OC)C3)cc(-c3ccccc3)nc2cc1OC.Cl. The first-order valence-corrected chi connectivity index (χ1v) is 9.81. The quantitative estimate of drug-likeness (QED) is 0.577. The standard InChI is InChI=1S/C24H24N2O4.ClH/c1-4-15-10-18-20(13-22(15)28-2)26-19(16-8-6-5-7-9-16)12-23(18)30-17-11-21(25-14-17)24(27)29-3;/h4-10,12-13,17,21,25H,1,11,14H2,2-3H3;1H/t17-,21+;/m1./s1. The molecule has 162 valence electrons. The average molecular weight is 441 g/mol. The fourth-order valence-electron chi connectivity index (χ4n) is 3.72. The van der Waals surface area contributed by atoms with Crippen LogP contribution < -0.4 is 14.8 Å². The van der Waals surface area contributed by atoms with E-state index in [9.17, 15) is 4.79 Å². The minimum absolute atomic E-state index is 0. The Morgan fingerprint density at radius 2 is 1.94 bits per heavy atom. The number of hydrogen-bond acceptors (Lipinski definition) is 6. The molecule has 31 heavy (non-hydrogen) atoms. The van der Waals surface area contributed by atoms with E-state index in [1.165, 1.54) is 7.11 Å². The van der Waals surface area contributed by atoms with Gasteiger partial charge in [-0.3, -0.25) is 4.79 Å². The molecule has 1 fully saturated rings. The van der Waals surface area contributed by atoms with E-state index in [1.807, 2.05) is 48.5 Å². The molecule has 0 saturated carbocycles. The van der Waals surface area contributed by atoms with Crippen LogP contribution in [-0.2, 0) is 9.53 Å². The van der Waals surface area contributed by atoms with Gasteiger partial charge in [0.05, 0.1) is 25.4 Å². The number of methoxy groups -OCH3 is 2. The molecule has 0 spiro atoms. The molecule has 0 aliphatic carbocycles. The highest BCUT2D eigenvalue weighted by molar-refractivity contribution is 5.91. The van der Waals surface area contributed by atoms with Crippen LogP contribution in [0.15, 0.2) is 55.1 Å². The maximum Gasteiger partial charge on any atom is 0.323 e. The van der Waals surface area contributed by atoms with Crippen LogP contribution in [0.25, 0.3) is 28.2 Å². The summed E-state index contributed by atoms with van der Waals surface area (Å²) in [5.41, 5.74) is 3.43. The highest BCUT2D eigenvalue weighted by atomic mass is 35.5. The van der Waals surface area contributed by atoms with E-state index < -0.39 is 0 Å². The summed E-state index contributed by atoms with van der Waals surface area (Å²) in [6.45, 7) is 4.44. The summed E-state index contributed by atoms with van der Waals surface area (Å²) < 4.78 is 16.7. The zero-order valence-electron chi connectivity index (χ0n) is 17.5. The highest BCUT2D eigenvalue weighted by Crippen LogP contribution is 2.35. The van der Waals surface area contributed by atoms with Gasteiger partial charge < -0.3 is 19.5 Å². The molecule has 7 heteroatoms. The third-order valence-electron chi connectivity index (χ3n) is 5.28. The Kier molecular flexibility index (Phi) is 7.15. The van der Waals surface area contributed by atoms with Gasteiger partial charge in [0.2, 0.25) is 0 Å². The van der Waals surface area contributed by atoms with Crippen molar-refractivity contribution >= 4 is 35.4 Å². The summed E-state index contributed by atoms with van der Waals surface area (Å²) >= 11 is 0. The number of benzene rings is 2. The van der Waals surface area contributed by atoms with Crippen LogP contribution >= 0.6 is 12.4 Å². The molecule has 0 amide bonds. The van der Waals surface area contributed by atoms with E-state index in [0.717, 1.165) is 27.7 Å². The fourth-order valence-corrected chi connectivity index (χ4v) is 3.72. The second-order valence-electron chi connectivity index (χ2n) is 7.15. The predicted octanol–water partition coefficient (Wildman–Crippen LogP) is 4.26. The zero-order chi connectivity index (χ0) is 21.1. The van der Waals surface area contributed by atoms with Gasteiger partial charge in [0.15, 0.2) is 0 Å². The number of halogens is 1. The molecule has 1 N–H and O–H groups in total. The Labute approximate surface area is 187 Å². The molecule has 0 radical (unpaired) electrons. The molecule has 1 aromatic heterocycles. The number of ether oxygens (including phenoxy) is 3. The van der Waals surface area contributed by atoms with E-state index >= 15 is 0 Å². The van der Waals surface area contributed by atoms with E-state index in [1.54, 1.807) is 13.2 Å². The van der Waals surface area contributed by atoms with Gasteiger partial charge in [-0.1, -0.05) is 43.0 Å². The highest BCUT2D eigenvalue weighted by Gasteiger charge is 2.31. The van der Waals surface area contributed by atoms with Gasteiger partial charge in [-0.15, -0.1) is 12.4 Å². The number of fused-ring (bicyclic) bond motifs is 1. The summed E-state index contributed by atoms with van der Waals surface area (Å²) in [7, 11) is 3.02. The first-order chi connectivity index (χ1) is 14.6. The molecular weight excluding hydrogens is 416 g/mol. The predicted molar refractivity (Wildman–Crippen MR) is 124 cm³/mol. The largest absolute Gasteiger partial charge is 0.496 e. The maximum absolute atomic E-state index is 11.8. The molecular formula is C24H25ClN2O4. The van der Waals surface area contributed by atoms with Crippen LogP contribution in [0.1, 0.15) is 12.0 Å². The van der Waals surface area contributed by atoms with Crippen LogP contribution in [0, 0.1) is 0 Å². The van der Waals surface area contributed by atoms with Crippen molar-refractivity contribution < 1.29 is 19.0 Å². The van der Waals surface area contributed by atoms with Crippen molar-refractivity contribution in [3.05, 3.63) is 60.7 Å². The first-order valence-electron chi connectivity index (χ1n) is 9.81. The number of aromatic nitrogens is 1. The fraction of sp³-hybridized carbons (Fsp3) is 0.250. The number of pyridine rings is 1. The molecule has 0 bridgehead atoms. The lowest BCUT2D eigenvalue weighted by atomic mass is 10.1. The van der Waals surface area contributed by atoms with Crippen molar-refractivity contribution in [2.24, 2.45) is 0 Å². The summed E-state index contributed by atoms with van der Waals surface area (Å²) in [6, 6.07) is 15.4. The number of nitrogens with one attached hydrogen (secondary N) is 1. The second kappa shape index (κ2) is 9.81. The van der Waals surface area contributed by atoms with E-state index in [2.05, 4.69) is 11.9 Å². The smallest absolute Gasteiger partial charge is 0.323 e. The van der Waals surface area contributed by atoms with Gasteiger partial charge in [0.25, 0.3) is 0 Å². The van der Waals surface area contributed by atoms with Crippen LogP contribution in [-0.4, -0.2) is 43.9 Å². The lowest BCUT2D eigenvalue weighted by Gasteiger charge is -2.17. The minimum Gasteiger partial charge on any atom is -0.496 e. The number of carbonyl (C=O) groups is 1. The van der Waals surface area contributed by atoms with Crippen molar-refractivity contribution in [1.82, 2.24) is 10.3 Å². The van der Waals surface area contributed by atoms with Crippen LogP contribution in [0.3, 0.4) is 0 Å². The Hall–Kier alpha value is -3.09. The third-order valence-corrected chi connectivity index (χ3v) is 5.28. The van der Waals surface area contributed by atoms with E-state index in [0.29, 0.717) is 24.5 Å². The minimum atomic E-state index is -0.356. The van der Waals surface area contributed by atoms with Crippen LogP contribution in [0.5, 0.6) is 11.5 Å². The topological polar surface area (TPSA) is 69.7 Å². The molecule has 3 aromatic rings. The van der Waals surface area contributed by atoms with Gasteiger partial charge in [0, 0.05) is 41.6 Å². The van der Waals surface area contributed by atoms with Crippen molar-refractivity contribution in [3.63, 3.8) is 0 Å². The van der Waals surface area contributed by atoms with Crippen molar-refractivity contribution in [2.75, 3.05) is 20.8 Å². The summed E-state index contributed by atoms with van der Waals surface area (Å²) in [5, 5.41) is 4.03. The number of carbonyl (C=O) groups excluding carboxylic acids is 1. The molecule has 1 aliphatic heterocycles. The van der Waals surface area contributed by atoms with Crippen LogP contribution in [0.2, 0.25) is 0 Å². The van der Waals surface area contributed by atoms with Crippen molar-refractivity contribution in [2.45, 2.75) is 18.6 Å². The van der Waals surface area contributed by atoms with Gasteiger partial charge >= 0.3 is 5.97 Å². The molecule has 0 unspecified atom stereocenters. The Morgan fingerprint density at radius 1 is 1.16 bits per heavy atom. The average Bonchev–Trinajstić information content (AvgIpc) is 3.26. The molecule has 2 heterocycles. The molecule has 6 nitrogen and oxygen atoms in total. The van der Waals surface area contributed by atoms with Gasteiger partial charge in [0.1, 0.15) is 23.6 Å². The number of nitrogens with zero attached hydrogens (tertiary/aromatic N) is 1. The first kappa shape index (κ1) is 22.6. The van der Waals surface area contributed by atoms with Gasteiger partial charge in [-0.25, -0.2) is 4.98 Å². The summed E-state index contributed by atoms with van der Waals surface area (Å²) in [4.78, 5) is 16.7. The van der Waals surface area contributed by atoms with E-state index in [4.69, 9.17) is 19.2 Å². The van der Waals surface area contributed by atoms with Gasteiger partial charge in [-0.2, -0.15) is 0 Å². The lowest BCUT2D eigenvalue weighted by Crippen LogP contribution is -2.31. The molecule has 1 aliphatic rings. The normalized spacial score (nSPS) is 17.6. The zero-order valence-corrected chi connectivity index (χ0v) is 18.3. The number of rotatable bonds is 6. The molecule has 2 aromatic carbocycles. The Bertz CT molecular complexity index is 1090. The lowest BCUT2D eigenvalue weighted by molar-refractivity contribution is -0.142. The van der Waals surface area contributed by atoms with Crippen LogP contribution in [0.4, 0.5) is 0 Å². The Morgan fingerprint density at radius 3 is 2.61 bits per heavy atom. The Balaban J connectivity index is 0.00000272. The summed E-state index contributed by atoms with van der Waals surface area (Å²) in [6.07, 6.45) is 2.14. The number of esters is 1. The van der Waals surface area contributed by atoms with Gasteiger partial charge in [-0.05, 0) is 6.07 Å². The molecule has 1 saturated heterocycles. The monoisotopic (exact) mass is 440 g/mol. The van der Waals surface area contributed by atoms with E-state index in [-0.39, 0.29) is 30.5 Å². The second-order valence-corrected chi connectivity index (χ2v) is 7.15. The van der Waals surface area contributed by atoms with Crippen molar-refractivity contribution in [3.8, 4) is 22.8 Å². The summed E-state index contributed by atoms with van der Waals surface area (Å²) in [5.74, 6) is 1.14. The molecule has 4 rings (SSSR count). The number of hydrogen-bond donors (Lipinski definition) is 1. The van der Waals surface area contributed by atoms with Crippen molar-refractivity contribution in [1.29, 1.82) is 0 Å².